The first-order valence-electron chi connectivity index (χ1n) is 3.52. The highest BCUT2D eigenvalue weighted by molar-refractivity contribution is 8.09. The Hall–Kier alpha value is -0.410. The van der Waals surface area contributed by atoms with E-state index < -0.39 is 43.2 Å². The second-order valence-corrected chi connectivity index (χ2v) is 6.35. The van der Waals surface area contributed by atoms with E-state index in [0.717, 1.165) is 0 Å². The Labute approximate surface area is 101 Å². The van der Waals surface area contributed by atoms with Gasteiger partial charge in [-0.25, -0.2) is 13.2 Å². The molecule has 0 aliphatic rings. The van der Waals surface area contributed by atoms with Crippen LogP contribution in [0.2, 0.25) is 0 Å². The van der Waals surface area contributed by atoms with Crippen molar-refractivity contribution in [2.45, 2.75) is 22.1 Å². The summed E-state index contributed by atoms with van der Waals surface area (Å²) in [6.45, 7) is 0. The van der Waals surface area contributed by atoms with E-state index in [-0.39, 0.29) is 0 Å². The van der Waals surface area contributed by atoms with Gasteiger partial charge in [0.25, 0.3) is 0 Å². The monoisotopic (exact) mass is 348 g/mol. The van der Waals surface area contributed by atoms with E-state index in [2.05, 4.69) is 4.74 Å². The quantitative estimate of drug-likeness (QED) is 0.578. The van der Waals surface area contributed by atoms with Crippen LogP contribution in [0.5, 0.6) is 0 Å². The molecule has 0 saturated heterocycles. The Morgan fingerprint density at radius 1 is 0.947 bits per heavy atom. The Balaban J connectivity index is 5.70. The summed E-state index contributed by atoms with van der Waals surface area (Å²) < 4.78 is 135. The molecule has 0 heterocycles. The van der Waals surface area contributed by atoms with E-state index >= 15 is 0 Å². The molecule has 15 heteroatoms. The molecule has 0 saturated carbocycles. The van der Waals surface area contributed by atoms with Crippen LogP contribution in [-0.2, 0) is 25.7 Å². The zero-order valence-electron chi connectivity index (χ0n) is 7.93. The third-order valence-corrected chi connectivity index (χ3v) is 4.64. The zero-order valence-corrected chi connectivity index (χ0v) is 9.56. The Bertz CT molecular complexity index is 405. The van der Waals surface area contributed by atoms with Crippen LogP contribution < -0.4 is 0 Å². The van der Waals surface area contributed by atoms with Gasteiger partial charge >= 0.3 is 32.0 Å². The lowest BCUT2D eigenvalue weighted by Gasteiger charge is -2.23. The molecular weight excluding hydrogens is 347 g/mol. The molecule has 0 aromatic rings. The minimum Gasteiger partial charge on any atom is -0.606 e. The van der Waals surface area contributed by atoms with Crippen LogP contribution in [0.4, 0.5) is 39.5 Å². The summed E-state index contributed by atoms with van der Waals surface area (Å²) in [7, 11) is -7.12. The summed E-state index contributed by atoms with van der Waals surface area (Å²) in [5, 5.41) is 0. The standard InChI is InChI=1S/C4HF9O4S2/c5-2(6,7)17-1(18(14)3(8,9)10)19(15,16)4(11,12)13/h1H. The third-order valence-electron chi connectivity index (χ3n) is 1.21. The first kappa shape index (κ1) is 18.6. The highest BCUT2D eigenvalue weighted by Crippen LogP contribution is 2.39. The molecule has 0 rings (SSSR count). The topological polar surface area (TPSA) is 66.4 Å². The molecule has 0 aliphatic heterocycles. The van der Waals surface area contributed by atoms with Crippen molar-refractivity contribution < 1.29 is 57.2 Å². The van der Waals surface area contributed by atoms with E-state index in [1.54, 1.807) is 0 Å². The lowest BCUT2D eigenvalue weighted by molar-refractivity contribution is -0.323. The summed E-state index contributed by atoms with van der Waals surface area (Å²) >= 11 is -5.09. The van der Waals surface area contributed by atoms with Gasteiger partial charge in [-0.05, 0) is 0 Å². The largest absolute Gasteiger partial charge is 0.606 e. The number of halogens is 9. The van der Waals surface area contributed by atoms with Crippen LogP contribution in [0.3, 0.4) is 0 Å². The van der Waals surface area contributed by atoms with Crippen molar-refractivity contribution >= 4 is 21.0 Å². The fraction of sp³-hybridized carbons (Fsp3) is 1.00. The predicted octanol–water partition coefficient (Wildman–Crippen LogP) is 2.01. The summed E-state index contributed by atoms with van der Waals surface area (Å²) in [4.78, 5) is 0. The van der Waals surface area contributed by atoms with E-state index in [9.17, 15) is 52.5 Å². The zero-order chi connectivity index (χ0) is 15.9. The molecule has 0 spiro atoms. The summed E-state index contributed by atoms with van der Waals surface area (Å²) in [5.74, 6) is 0. The molecule has 0 bridgehead atoms. The van der Waals surface area contributed by atoms with E-state index in [4.69, 9.17) is 0 Å². The van der Waals surface area contributed by atoms with Crippen molar-refractivity contribution in [2.75, 3.05) is 0 Å². The van der Waals surface area contributed by atoms with Crippen molar-refractivity contribution in [2.24, 2.45) is 0 Å². The average molecular weight is 348 g/mol. The minimum atomic E-state index is -7.12. The van der Waals surface area contributed by atoms with Crippen molar-refractivity contribution in [3.8, 4) is 0 Å². The van der Waals surface area contributed by atoms with E-state index in [1.165, 1.54) is 0 Å². The maximum absolute atomic E-state index is 11.9. The number of rotatable bonds is 3. The van der Waals surface area contributed by atoms with Crippen molar-refractivity contribution in [1.82, 2.24) is 0 Å². The molecule has 116 valence electrons. The number of sulfone groups is 1. The number of hydrogen-bond acceptors (Lipinski definition) is 4. The van der Waals surface area contributed by atoms with E-state index in [1.807, 2.05) is 0 Å². The molecule has 0 amide bonds. The molecule has 2 atom stereocenters. The highest BCUT2D eigenvalue weighted by Gasteiger charge is 2.66. The SMILES string of the molecule is O=S(=O)(C(OC(F)(F)F)[S+]([O-])C(F)(F)F)C(F)(F)F. The molecule has 0 radical (unpaired) electrons. The number of ether oxygens (including phenoxy) is 1. The maximum Gasteiger partial charge on any atom is 0.576 e. The summed E-state index contributed by atoms with van der Waals surface area (Å²) in [6, 6.07) is 0. The van der Waals surface area contributed by atoms with Gasteiger partial charge in [0.15, 0.2) is 0 Å². The smallest absolute Gasteiger partial charge is 0.576 e. The van der Waals surface area contributed by atoms with Crippen molar-refractivity contribution in [3.05, 3.63) is 0 Å². The summed E-state index contributed by atoms with van der Waals surface area (Å²) in [6.07, 6.45) is -6.18. The van der Waals surface area contributed by atoms with Crippen LogP contribution in [0, 0.1) is 0 Å². The molecule has 0 aromatic heterocycles. The number of alkyl halides is 9. The first-order valence-corrected chi connectivity index (χ1v) is 6.28. The lowest BCUT2D eigenvalue weighted by Crippen LogP contribution is -2.48. The highest BCUT2D eigenvalue weighted by atomic mass is 32.3. The number of hydrogen-bond donors (Lipinski definition) is 0. The van der Waals surface area contributed by atoms with Gasteiger partial charge in [0.2, 0.25) is 0 Å². The maximum atomic E-state index is 11.9. The molecule has 0 aromatic carbocycles. The van der Waals surface area contributed by atoms with Gasteiger partial charge < -0.3 is 4.55 Å². The third kappa shape index (κ3) is 4.88. The normalized spacial score (nSPS) is 18.2. The average Bonchev–Trinajstić information content (AvgIpc) is 2.07. The predicted molar refractivity (Wildman–Crippen MR) is 40.1 cm³/mol. The molecule has 0 N–H and O–H groups in total. The lowest BCUT2D eigenvalue weighted by atomic mass is 11.3. The van der Waals surface area contributed by atoms with E-state index in [0.29, 0.717) is 0 Å². The van der Waals surface area contributed by atoms with Gasteiger partial charge in [-0.15, -0.1) is 26.3 Å². The second-order valence-electron chi connectivity index (χ2n) is 2.59. The fourth-order valence-electron chi connectivity index (χ4n) is 0.549. The molecule has 19 heavy (non-hydrogen) atoms. The van der Waals surface area contributed by atoms with Crippen LogP contribution in [-0.4, -0.2) is 35.1 Å². The molecule has 0 aliphatic carbocycles. The Morgan fingerprint density at radius 3 is 1.53 bits per heavy atom. The minimum absolute atomic E-state index is 2.19. The Morgan fingerprint density at radius 2 is 1.32 bits per heavy atom. The van der Waals surface area contributed by atoms with Crippen molar-refractivity contribution in [1.29, 1.82) is 0 Å². The molecule has 0 fully saturated rings. The van der Waals surface area contributed by atoms with Gasteiger partial charge in [-0.3, -0.25) is 0 Å². The molecule has 2 unspecified atom stereocenters. The molecular formula is C4HF9O4S2. The second kappa shape index (κ2) is 5.17. The van der Waals surface area contributed by atoms with Gasteiger partial charge in [0, 0.05) is 0 Å². The summed E-state index contributed by atoms with van der Waals surface area (Å²) in [5.41, 5.74) is -12.7. The van der Waals surface area contributed by atoms with Gasteiger partial charge in [-0.2, -0.15) is 13.2 Å². The Kier molecular flexibility index (Phi) is 5.06. The van der Waals surface area contributed by atoms with Crippen LogP contribution in [0.15, 0.2) is 0 Å². The van der Waals surface area contributed by atoms with Crippen LogP contribution in [0.1, 0.15) is 0 Å². The first-order chi connectivity index (χ1) is 8.00. The fourth-order valence-corrected chi connectivity index (χ4v) is 2.99. The van der Waals surface area contributed by atoms with Gasteiger partial charge in [0.1, 0.15) is 11.2 Å². The van der Waals surface area contributed by atoms with Gasteiger partial charge in [-0.1, -0.05) is 0 Å². The van der Waals surface area contributed by atoms with Crippen molar-refractivity contribution in [3.63, 3.8) is 0 Å². The van der Waals surface area contributed by atoms with Crippen LogP contribution >= 0.6 is 0 Å². The van der Waals surface area contributed by atoms with Gasteiger partial charge in [0.05, 0.1) is 0 Å². The molecule has 4 nitrogen and oxygen atoms in total. The van der Waals surface area contributed by atoms with Crippen LogP contribution in [0.25, 0.3) is 0 Å².